The fraction of sp³-hybridized carbons (Fsp3) is 0.538. The number of methoxy groups -OCH3 is 1. The number of nitrogens with two attached hydrogens (primary N) is 1. The number of hydrogen-bond acceptors (Lipinski definition) is 3. The maximum Gasteiger partial charge on any atom is 0.122 e. The Morgan fingerprint density at radius 1 is 1.37 bits per heavy atom. The highest BCUT2D eigenvalue weighted by Gasteiger charge is 2.36. The fourth-order valence-electron chi connectivity index (χ4n) is 5.04. The molecular weight excluding hydrogens is 485 g/mol. The van der Waals surface area contributed by atoms with Crippen LogP contribution >= 0.6 is 22.6 Å². The first-order valence-electron chi connectivity index (χ1n) is 11.1. The molecule has 0 unspecified atom stereocenters. The smallest absolute Gasteiger partial charge is 0.122 e. The zero-order valence-corrected chi connectivity index (χ0v) is 20.6. The second kappa shape index (κ2) is 10.5. The van der Waals surface area contributed by atoms with Crippen LogP contribution in [0.3, 0.4) is 0 Å². The Hall–Kier alpha value is -1.11. The molecule has 2 fully saturated rings. The zero-order valence-electron chi connectivity index (χ0n) is 18.4. The number of hydrogen-bond donors (Lipinski definition) is 2. The Bertz CT molecular complexity index is 828. The van der Waals surface area contributed by atoms with Crippen LogP contribution in [-0.4, -0.2) is 24.4 Å². The van der Waals surface area contributed by atoms with Crippen LogP contribution in [-0.2, 0) is 6.42 Å². The first kappa shape index (κ1) is 23.6. The zero-order chi connectivity index (χ0) is 21.7. The largest absolute Gasteiger partial charge is 0.496 e. The summed E-state index contributed by atoms with van der Waals surface area (Å²) in [4.78, 5) is 0. The van der Waals surface area contributed by atoms with E-state index in [1.807, 2.05) is 0 Å². The van der Waals surface area contributed by atoms with E-state index in [-0.39, 0.29) is 6.61 Å². The molecule has 164 valence electrons. The molecule has 3 atom stereocenters. The van der Waals surface area contributed by atoms with Gasteiger partial charge in [0.2, 0.25) is 0 Å². The van der Waals surface area contributed by atoms with Crippen molar-refractivity contribution in [2.24, 2.45) is 17.6 Å². The third-order valence-corrected chi connectivity index (χ3v) is 7.67. The van der Waals surface area contributed by atoms with E-state index in [1.54, 1.807) is 7.11 Å². The second-order valence-corrected chi connectivity index (χ2v) is 10.4. The normalized spacial score (nSPS) is 29.5. The topological polar surface area (TPSA) is 55.5 Å². The van der Waals surface area contributed by atoms with Gasteiger partial charge in [0.1, 0.15) is 5.75 Å². The molecule has 0 heterocycles. The lowest BCUT2D eigenvalue weighted by atomic mass is 9.78. The molecule has 0 radical (unpaired) electrons. The summed E-state index contributed by atoms with van der Waals surface area (Å²) in [6.45, 7) is 6.59. The molecular formula is C26H36INO2. The predicted molar refractivity (Wildman–Crippen MR) is 134 cm³/mol. The summed E-state index contributed by atoms with van der Waals surface area (Å²) < 4.78 is 6.82. The second-order valence-electron chi connectivity index (χ2n) is 9.12. The third kappa shape index (κ3) is 5.77. The van der Waals surface area contributed by atoms with Gasteiger partial charge in [-0.15, -0.1) is 0 Å². The molecule has 3 nitrogen and oxygen atoms in total. The molecule has 2 saturated carbocycles. The molecule has 0 bridgehead atoms. The summed E-state index contributed by atoms with van der Waals surface area (Å²) in [6, 6.07) is 6.43. The van der Waals surface area contributed by atoms with E-state index in [4.69, 9.17) is 10.5 Å². The monoisotopic (exact) mass is 521 g/mol. The fourth-order valence-corrected chi connectivity index (χ4v) is 5.59. The van der Waals surface area contributed by atoms with Crippen molar-refractivity contribution in [1.29, 1.82) is 0 Å². The molecule has 30 heavy (non-hydrogen) atoms. The minimum atomic E-state index is -0.413. The van der Waals surface area contributed by atoms with Gasteiger partial charge in [0.15, 0.2) is 0 Å². The molecule has 1 aromatic carbocycles. The number of aliphatic hydroxyl groups is 1. The van der Waals surface area contributed by atoms with Crippen LogP contribution in [0.4, 0.5) is 0 Å². The lowest BCUT2D eigenvalue weighted by Gasteiger charge is -2.28. The summed E-state index contributed by atoms with van der Waals surface area (Å²) in [5, 5.41) is 9.55. The first-order valence-corrected chi connectivity index (χ1v) is 12.2. The third-order valence-electron chi connectivity index (χ3n) is 7.00. The number of halogens is 1. The molecule has 0 aliphatic heterocycles. The summed E-state index contributed by atoms with van der Waals surface area (Å²) in [5.41, 5.74) is 11.3. The van der Waals surface area contributed by atoms with E-state index in [2.05, 4.69) is 66.4 Å². The molecule has 0 saturated heterocycles. The van der Waals surface area contributed by atoms with Gasteiger partial charge in [-0.3, -0.25) is 0 Å². The molecule has 3 rings (SSSR count). The van der Waals surface area contributed by atoms with Crippen LogP contribution in [0.15, 0.2) is 53.6 Å². The molecule has 0 amide bonds. The van der Waals surface area contributed by atoms with E-state index in [0.717, 1.165) is 44.3 Å². The maximum atomic E-state index is 9.55. The Morgan fingerprint density at radius 2 is 2.17 bits per heavy atom. The van der Waals surface area contributed by atoms with Crippen molar-refractivity contribution in [2.45, 2.75) is 63.8 Å². The van der Waals surface area contributed by atoms with Crippen LogP contribution in [0.5, 0.6) is 5.75 Å². The average molecular weight is 521 g/mol. The van der Waals surface area contributed by atoms with Crippen LogP contribution in [0.2, 0.25) is 0 Å². The van der Waals surface area contributed by atoms with E-state index in [9.17, 15) is 5.11 Å². The lowest BCUT2D eigenvalue weighted by Crippen LogP contribution is -2.40. The van der Waals surface area contributed by atoms with Gasteiger partial charge in [0.25, 0.3) is 0 Å². The standard InChI is InChI=1S/C26H36INO2/c1-4-20-14-19(6-8-22-15-24(27)9-10-25(22)30-3)5-7-21(20)13-18(2)23-11-12-26(28,16-23)17-29/h4,9-10,13,15,19,23,29H,2,5-8,11-12,14,16-17,28H2,1,3H3/b20-4-,21-13-/t19-,23-,26+/m0/s1. The van der Waals surface area contributed by atoms with Gasteiger partial charge in [0.05, 0.1) is 13.7 Å². The summed E-state index contributed by atoms with van der Waals surface area (Å²) >= 11 is 2.37. The minimum Gasteiger partial charge on any atom is -0.496 e. The minimum absolute atomic E-state index is 0.0698. The van der Waals surface area contributed by atoms with Crippen molar-refractivity contribution in [1.82, 2.24) is 0 Å². The maximum absolute atomic E-state index is 9.55. The van der Waals surface area contributed by atoms with Gasteiger partial charge in [-0.25, -0.2) is 0 Å². The molecule has 3 N–H and O–H groups in total. The Labute approximate surface area is 195 Å². The highest BCUT2D eigenvalue weighted by molar-refractivity contribution is 14.1. The molecule has 0 spiro atoms. The van der Waals surface area contributed by atoms with Crippen LogP contribution < -0.4 is 10.5 Å². The van der Waals surface area contributed by atoms with Gasteiger partial charge < -0.3 is 15.6 Å². The SMILES string of the molecule is C=C(/C=C1/CC[C@@H](CCc2cc(I)ccc2OC)C/C1=C/C)[C@H]1CC[C@](N)(CO)C1. The Morgan fingerprint density at radius 3 is 2.83 bits per heavy atom. The molecule has 0 aromatic heterocycles. The highest BCUT2D eigenvalue weighted by Crippen LogP contribution is 2.40. The van der Waals surface area contributed by atoms with Crippen molar-refractivity contribution in [3.05, 3.63) is 62.8 Å². The van der Waals surface area contributed by atoms with E-state index >= 15 is 0 Å². The molecule has 2 aliphatic rings. The number of rotatable bonds is 7. The van der Waals surface area contributed by atoms with Crippen LogP contribution in [0.1, 0.15) is 57.4 Å². The van der Waals surface area contributed by atoms with Crippen molar-refractivity contribution in [2.75, 3.05) is 13.7 Å². The predicted octanol–water partition coefficient (Wildman–Crippen LogP) is 5.95. The Balaban J connectivity index is 1.59. The summed E-state index contributed by atoms with van der Waals surface area (Å²) in [6.07, 6.45) is 13.1. The molecule has 2 aliphatic carbocycles. The van der Waals surface area contributed by atoms with E-state index in [1.165, 1.54) is 38.7 Å². The summed E-state index contributed by atoms with van der Waals surface area (Å²) in [7, 11) is 1.76. The van der Waals surface area contributed by atoms with Crippen molar-refractivity contribution < 1.29 is 9.84 Å². The Kier molecular flexibility index (Phi) is 8.22. The van der Waals surface area contributed by atoms with Crippen molar-refractivity contribution in [3.63, 3.8) is 0 Å². The van der Waals surface area contributed by atoms with E-state index in [0.29, 0.717) is 11.8 Å². The highest BCUT2D eigenvalue weighted by atomic mass is 127. The quantitative estimate of drug-likeness (QED) is 0.436. The van der Waals surface area contributed by atoms with Gasteiger partial charge >= 0.3 is 0 Å². The number of aliphatic hydroxyl groups excluding tert-OH is 1. The summed E-state index contributed by atoms with van der Waals surface area (Å²) in [5.74, 6) is 2.12. The molecule has 1 aromatic rings. The number of allylic oxidation sites excluding steroid dienone is 5. The van der Waals surface area contributed by atoms with Gasteiger partial charge in [-0.05, 0) is 128 Å². The van der Waals surface area contributed by atoms with Crippen LogP contribution in [0, 0.1) is 15.4 Å². The number of aryl methyl sites for hydroxylation is 1. The van der Waals surface area contributed by atoms with Gasteiger partial charge in [0, 0.05) is 9.11 Å². The first-order chi connectivity index (χ1) is 14.4. The average Bonchev–Trinajstić information content (AvgIpc) is 3.16. The van der Waals surface area contributed by atoms with Gasteiger partial charge in [-0.2, -0.15) is 0 Å². The van der Waals surface area contributed by atoms with E-state index < -0.39 is 5.54 Å². The van der Waals surface area contributed by atoms with Crippen LogP contribution in [0.25, 0.3) is 0 Å². The van der Waals surface area contributed by atoms with Crippen molar-refractivity contribution >= 4 is 22.6 Å². The number of ether oxygens (including phenoxy) is 1. The molecule has 4 heteroatoms. The number of benzene rings is 1. The lowest BCUT2D eigenvalue weighted by molar-refractivity contribution is 0.197. The van der Waals surface area contributed by atoms with Crippen molar-refractivity contribution in [3.8, 4) is 5.75 Å². The van der Waals surface area contributed by atoms with Gasteiger partial charge in [-0.1, -0.05) is 24.3 Å².